The molecule has 0 spiro atoms. The van der Waals surface area contributed by atoms with Crippen molar-refractivity contribution in [2.45, 2.75) is 37.5 Å². The lowest BCUT2D eigenvalue weighted by molar-refractivity contribution is -0.197. The highest BCUT2D eigenvalue weighted by Gasteiger charge is 2.71. The van der Waals surface area contributed by atoms with Crippen LogP contribution >= 0.6 is 0 Å². The molecule has 32 heavy (non-hydrogen) atoms. The molecule has 168 valence electrons. The Kier molecular flexibility index (Phi) is 4.04. The molecule has 4 fully saturated rings. The molecule has 6 rings (SSSR count). The minimum absolute atomic E-state index is 0.0538. The van der Waals surface area contributed by atoms with Crippen LogP contribution < -0.4 is 11.5 Å². The van der Waals surface area contributed by atoms with Crippen LogP contribution in [0.4, 0.5) is 11.4 Å². The van der Waals surface area contributed by atoms with Crippen molar-refractivity contribution in [2.75, 3.05) is 11.5 Å². The minimum atomic E-state index is -1.08. The van der Waals surface area contributed by atoms with E-state index in [1.165, 1.54) is 12.1 Å². The Morgan fingerprint density at radius 2 is 1.12 bits per heavy atom. The fourth-order valence-corrected chi connectivity index (χ4v) is 7.34. The van der Waals surface area contributed by atoms with Crippen LogP contribution in [0.1, 0.15) is 43.2 Å². The Labute approximate surface area is 184 Å². The minimum Gasteiger partial charge on any atom is -0.506 e. The van der Waals surface area contributed by atoms with Crippen LogP contribution in [0.25, 0.3) is 0 Å². The van der Waals surface area contributed by atoms with E-state index in [0.29, 0.717) is 25.7 Å². The van der Waals surface area contributed by atoms with Gasteiger partial charge in [0, 0.05) is 5.41 Å². The van der Waals surface area contributed by atoms with E-state index in [9.17, 15) is 30.0 Å². The zero-order chi connectivity index (χ0) is 23.1. The lowest BCUT2D eigenvalue weighted by Gasteiger charge is -2.67. The maximum absolute atomic E-state index is 12.4. The summed E-state index contributed by atoms with van der Waals surface area (Å²) in [5.41, 5.74) is 11.2. The number of carboxylic acids is 2. The van der Waals surface area contributed by atoms with Crippen LogP contribution in [0.3, 0.4) is 0 Å². The number of carbonyl (C=O) groups is 2. The third kappa shape index (κ3) is 2.43. The lowest BCUT2D eigenvalue weighted by atomic mass is 9.35. The molecule has 8 N–H and O–H groups in total. The Balaban J connectivity index is 1.79. The largest absolute Gasteiger partial charge is 0.506 e. The molecule has 2 aromatic rings. The molecule has 0 heterocycles. The Bertz CT molecular complexity index is 1060. The second kappa shape index (κ2) is 6.31. The average molecular weight is 438 g/mol. The van der Waals surface area contributed by atoms with Crippen molar-refractivity contribution >= 4 is 23.3 Å². The van der Waals surface area contributed by atoms with Gasteiger partial charge in [-0.2, -0.15) is 0 Å². The number of rotatable bonds is 4. The topological polar surface area (TPSA) is 167 Å². The first kappa shape index (κ1) is 20.5. The summed E-state index contributed by atoms with van der Waals surface area (Å²) in [6, 6.07) is 9.97. The number of aromatic hydroxyl groups is 2. The number of nitrogens with two attached hydrogens (primary N) is 2. The lowest BCUT2D eigenvalue weighted by Crippen LogP contribution is -2.66. The van der Waals surface area contributed by atoms with Crippen molar-refractivity contribution in [2.24, 2.45) is 22.7 Å². The SMILES string of the molecule is Nc1cc(C2(c3ccc(O)c(N)c3)C3CC4(C(=O)O)CC2CC(C(=O)O)(C3)C4)ccc1O. The van der Waals surface area contributed by atoms with Crippen molar-refractivity contribution in [3.63, 3.8) is 0 Å². The molecule has 8 nitrogen and oxygen atoms in total. The summed E-state index contributed by atoms with van der Waals surface area (Å²) < 4.78 is 0. The zero-order valence-electron chi connectivity index (χ0n) is 17.4. The number of phenols is 2. The fraction of sp³-hybridized carbons (Fsp3) is 0.417. The molecule has 4 saturated carbocycles. The first-order valence-electron chi connectivity index (χ1n) is 10.7. The van der Waals surface area contributed by atoms with E-state index in [-0.39, 0.29) is 41.1 Å². The molecule has 0 amide bonds. The fourth-order valence-electron chi connectivity index (χ4n) is 7.34. The van der Waals surface area contributed by atoms with Crippen LogP contribution in [-0.4, -0.2) is 32.4 Å². The maximum Gasteiger partial charge on any atom is 0.309 e. The van der Waals surface area contributed by atoms with E-state index in [1.807, 2.05) is 0 Å². The predicted molar refractivity (Wildman–Crippen MR) is 116 cm³/mol. The van der Waals surface area contributed by atoms with Gasteiger partial charge in [-0.15, -0.1) is 0 Å². The summed E-state index contributed by atoms with van der Waals surface area (Å²) in [6.07, 6.45) is 1.51. The molecule has 0 radical (unpaired) electrons. The van der Waals surface area contributed by atoms with Gasteiger partial charge in [-0.05, 0) is 79.3 Å². The van der Waals surface area contributed by atoms with Gasteiger partial charge in [-0.1, -0.05) is 12.1 Å². The van der Waals surface area contributed by atoms with Gasteiger partial charge in [0.25, 0.3) is 0 Å². The maximum atomic E-state index is 12.4. The summed E-state index contributed by atoms with van der Waals surface area (Å²) >= 11 is 0. The van der Waals surface area contributed by atoms with Crippen LogP contribution in [-0.2, 0) is 15.0 Å². The van der Waals surface area contributed by atoms with Gasteiger partial charge >= 0.3 is 11.9 Å². The van der Waals surface area contributed by atoms with Crippen LogP contribution in [0.5, 0.6) is 11.5 Å². The smallest absolute Gasteiger partial charge is 0.309 e. The molecule has 0 saturated heterocycles. The van der Waals surface area contributed by atoms with E-state index < -0.39 is 28.2 Å². The molecular formula is C24H26N2O6. The third-order valence-electron chi connectivity index (χ3n) is 8.43. The van der Waals surface area contributed by atoms with Gasteiger partial charge in [0.15, 0.2) is 0 Å². The summed E-state index contributed by atoms with van der Waals surface area (Å²) in [5, 5.41) is 40.3. The van der Waals surface area contributed by atoms with E-state index in [4.69, 9.17) is 11.5 Å². The van der Waals surface area contributed by atoms with Gasteiger partial charge in [0.2, 0.25) is 0 Å². The normalized spacial score (nSPS) is 32.0. The highest BCUT2D eigenvalue weighted by atomic mass is 16.4. The second-order valence-electron chi connectivity index (χ2n) is 9.97. The van der Waals surface area contributed by atoms with E-state index in [2.05, 4.69) is 0 Å². The molecule has 2 aromatic carbocycles. The van der Waals surface area contributed by atoms with Gasteiger partial charge in [0.05, 0.1) is 22.2 Å². The van der Waals surface area contributed by atoms with Crippen LogP contribution in [0.2, 0.25) is 0 Å². The van der Waals surface area contributed by atoms with E-state index >= 15 is 0 Å². The molecule has 0 atom stereocenters. The molecule has 0 aromatic heterocycles. The zero-order valence-corrected chi connectivity index (χ0v) is 17.4. The molecular weight excluding hydrogens is 412 g/mol. The first-order valence-corrected chi connectivity index (χ1v) is 10.7. The highest BCUT2D eigenvalue weighted by Crippen LogP contribution is 2.73. The predicted octanol–water partition coefficient (Wildman–Crippen LogP) is 2.91. The molecule has 0 aliphatic heterocycles. The number of anilines is 2. The monoisotopic (exact) mass is 438 g/mol. The second-order valence-corrected chi connectivity index (χ2v) is 9.97. The number of phenolic OH excluding ortho intramolecular Hbond substituents is 2. The summed E-state index contributed by atoms with van der Waals surface area (Å²) in [4.78, 5) is 24.8. The van der Waals surface area contributed by atoms with Crippen LogP contribution in [0, 0.1) is 22.7 Å². The highest BCUT2D eigenvalue weighted by molar-refractivity contribution is 5.82. The molecule has 4 aliphatic carbocycles. The number of nitrogen functional groups attached to an aromatic ring is 2. The van der Waals surface area contributed by atoms with Crippen molar-refractivity contribution in [3.8, 4) is 11.5 Å². The molecule has 4 aliphatic rings. The molecule has 0 unspecified atom stereocenters. The Hall–Kier alpha value is -3.42. The summed E-state index contributed by atoms with van der Waals surface area (Å²) in [5.74, 6) is -2.57. The standard InChI is InChI=1S/C24H26N2O6/c25-16-5-12(1-3-18(16)27)24(13-2-4-19(28)17(26)6-13)14-7-22(20(29)30)9-15(24)10-23(8-14,11-22)21(31)32/h1-6,14-15,27-28H,7-11,25-26H2,(H,29,30)(H,31,32). The Morgan fingerprint density at radius 3 is 1.44 bits per heavy atom. The van der Waals surface area contributed by atoms with Crippen molar-refractivity contribution in [3.05, 3.63) is 47.5 Å². The van der Waals surface area contributed by atoms with Gasteiger partial charge < -0.3 is 31.9 Å². The number of aliphatic carboxylic acids is 2. The van der Waals surface area contributed by atoms with Gasteiger partial charge in [-0.3, -0.25) is 9.59 Å². The van der Waals surface area contributed by atoms with Crippen molar-refractivity contribution in [1.29, 1.82) is 0 Å². The van der Waals surface area contributed by atoms with E-state index in [1.54, 1.807) is 24.3 Å². The first-order chi connectivity index (χ1) is 15.0. The molecule has 4 bridgehead atoms. The van der Waals surface area contributed by atoms with Gasteiger partial charge in [0.1, 0.15) is 11.5 Å². The van der Waals surface area contributed by atoms with Crippen molar-refractivity contribution < 1.29 is 30.0 Å². The quantitative estimate of drug-likeness (QED) is 0.313. The van der Waals surface area contributed by atoms with Gasteiger partial charge in [-0.25, -0.2) is 0 Å². The summed E-state index contributed by atoms with van der Waals surface area (Å²) in [7, 11) is 0. The number of carboxylic acid groups (broad SMARTS) is 2. The van der Waals surface area contributed by atoms with Crippen LogP contribution in [0.15, 0.2) is 36.4 Å². The number of hydrogen-bond acceptors (Lipinski definition) is 6. The Morgan fingerprint density at radius 1 is 0.750 bits per heavy atom. The third-order valence-corrected chi connectivity index (χ3v) is 8.43. The number of hydrogen-bond donors (Lipinski definition) is 6. The summed E-state index contributed by atoms with van der Waals surface area (Å²) in [6.45, 7) is 0. The van der Waals surface area contributed by atoms with Crippen molar-refractivity contribution in [1.82, 2.24) is 0 Å². The number of benzene rings is 2. The van der Waals surface area contributed by atoms with E-state index in [0.717, 1.165) is 11.1 Å². The average Bonchev–Trinajstić information content (AvgIpc) is 2.72. The molecule has 8 heteroatoms.